The highest BCUT2D eigenvalue weighted by atomic mass is 19.4. The molecule has 2 heterocycles. The Bertz CT molecular complexity index is 1110. The zero-order valence-corrected chi connectivity index (χ0v) is 17.0. The van der Waals surface area contributed by atoms with Gasteiger partial charge in [0.2, 0.25) is 0 Å². The molecule has 0 atom stereocenters. The highest BCUT2D eigenvalue weighted by molar-refractivity contribution is 6.00. The van der Waals surface area contributed by atoms with Crippen LogP contribution in [0.2, 0.25) is 0 Å². The smallest absolute Gasteiger partial charge is 0.378 e. The summed E-state index contributed by atoms with van der Waals surface area (Å²) in [6.07, 6.45) is -2.29. The molecule has 0 saturated carbocycles. The first-order valence-electron chi connectivity index (χ1n) is 9.12. The Hall–Kier alpha value is -3.60. The van der Waals surface area contributed by atoms with Crippen LogP contribution in [0.3, 0.4) is 0 Å². The molecule has 0 bridgehead atoms. The monoisotopic (exact) mass is 434 g/mol. The van der Waals surface area contributed by atoms with Crippen molar-refractivity contribution in [2.45, 2.75) is 19.7 Å². The van der Waals surface area contributed by atoms with Crippen LogP contribution in [0.1, 0.15) is 27.2 Å². The number of halogens is 3. The molecular weight excluding hydrogens is 413 g/mol. The number of aryl methyl sites for hydroxylation is 2. The van der Waals surface area contributed by atoms with E-state index < -0.39 is 17.6 Å². The second kappa shape index (κ2) is 8.64. The van der Waals surface area contributed by atoms with Gasteiger partial charge in [-0.1, -0.05) is 12.1 Å². The topological polar surface area (TPSA) is 107 Å². The number of para-hydroxylation sites is 1. The van der Waals surface area contributed by atoms with E-state index in [1.54, 1.807) is 37.0 Å². The molecule has 0 radical (unpaired) electrons. The maximum Gasteiger partial charge on any atom is 0.419 e. The standard InChI is InChI=1S/C20H21F3N6O2/c1-11-5-4-6-12(19(24)30)18(11)27-14-7-17(25-8-13(14)20(21,22)23)26-15-9-29(2)28-16(15)10-31-3/h4-9H,10H2,1-3H3,(H2,24,30)(H2,25,26,27). The minimum absolute atomic E-state index is 0.0779. The van der Waals surface area contributed by atoms with Crippen molar-refractivity contribution in [2.75, 3.05) is 17.7 Å². The molecule has 0 unspecified atom stereocenters. The second-order valence-electron chi connectivity index (χ2n) is 6.82. The molecule has 2 aromatic heterocycles. The molecule has 0 aliphatic rings. The number of carbonyl (C=O) groups excluding carboxylic acids is 1. The van der Waals surface area contributed by atoms with Crippen LogP contribution in [-0.2, 0) is 24.6 Å². The van der Waals surface area contributed by atoms with Crippen molar-refractivity contribution < 1.29 is 22.7 Å². The molecule has 4 N–H and O–H groups in total. The lowest BCUT2D eigenvalue weighted by Crippen LogP contribution is -2.16. The van der Waals surface area contributed by atoms with Crippen LogP contribution in [0.25, 0.3) is 0 Å². The summed E-state index contributed by atoms with van der Waals surface area (Å²) in [6.45, 7) is 1.87. The number of nitrogens with one attached hydrogen (secondary N) is 2. The fourth-order valence-corrected chi connectivity index (χ4v) is 3.05. The maximum atomic E-state index is 13.6. The summed E-state index contributed by atoms with van der Waals surface area (Å²) < 4.78 is 47.5. The number of rotatable bonds is 7. The molecule has 0 fully saturated rings. The number of hydrogen-bond acceptors (Lipinski definition) is 6. The van der Waals surface area contributed by atoms with Gasteiger partial charge < -0.3 is 21.1 Å². The van der Waals surface area contributed by atoms with E-state index in [1.807, 2.05) is 0 Å². The van der Waals surface area contributed by atoms with Crippen molar-refractivity contribution >= 4 is 28.8 Å². The van der Waals surface area contributed by atoms with E-state index in [1.165, 1.54) is 19.2 Å². The van der Waals surface area contributed by atoms with Gasteiger partial charge in [0, 0.05) is 32.6 Å². The number of nitrogens with two attached hydrogens (primary N) is 1. The lowest BCUT2D eigenvalue weighted by Gasteiger charge is -2.18. The maximum absolute atomic E-state index is 13.6. The summed E-state index contributed by atoms with van der Waals surface area (Å²) in [4.78, 5) is 15.7. The zero-order valence-electron chi connectivity index (χ0n) is 17.0. The summed E-state index contributed by atoms with van der Waals surface area (Å²) in [5, 5.41) is 9.92. The number of ether oxygens (including phenoxy) is 1. The third-order valence-corrected chi connectivity index (χ3v) is 4.46. The van der Waals surface area contributed by atoms with Crippen LogP contribution in [0.4, 0.5) is 36.1 Å². The molecule has 31 heavy (non-hydrogen) atoms. The Balaban J connectivity index is 2.05. The van der Waals surface area contributed by atoms with E-state index >= 15 is 0 Å². The third-order valence-electron chi connectivity index (χ3n) is 4.46. The van der Waals surface area contributed by atoms with Gasteiger partial charge in [-0.05, 0) is 18.6 Å². The largest absolute Gasteiger partial charge is 0.419 e. The summed E-state index contributed by atoms with van der Waals surface area (Å²) >= 11 is 0. The van der Waals surface area contributed by atoms with E-state index in [-0.39, 0.29) is 29.4 Å². The van der Waals surface area contributed by atoms with Crippen molar-refractivity contribution in [3.8, 4) is 0 Å². The van der Waals surface area contributed by atoms with Gasteiger partial charge in [-0.15, -0.1) is 0 Å². The van der Waals surface area contributed by atoms with Crippen LogP contribution >= 0.6 is 0 Å². The summed E-state index contributed by atoms with van der Waals surface area (Å²) in [5.74, 6) is -0.609. The molecule has 0 aliphatic heterocycles. The number of methoxy groups -OCH3 is 1. The molecule has 1 amide bonds. The minimum Gasteiger partial charge on any atom is -0.378 e. The minimum atomic E-state index is -4.67. The molecular formula is C20H21F3N6O2. The van der Waals surface area contributed by atoms with E-state index in [0.717, 1.165) is 6.20 Å². The molecule has 0 spiro atoms. The number of hydrogen-bond donors (Lipinski definition) is 3. The van der Waals surface area contributed by atoms with E-state index in [2.05, 4.69) is 20.7 Å². The Morgan fingerprint density at radius 2 is 2.00 bits per heavy atom. The molecule has 8 nitrogen and oxygen atoms in total. The lowest BCUT2D eigenvalue weighted by molar-refractivity contribution is -0.137. The second-order valence-corrected chi connectivity index (χ2v) is 6.82. The van der Waals surface area contributed by atoms with Crippen LogP contribution in [0, 0.1) is 6.92 Å². The number of alkyl halides is 3. The predicted molar refractivity (Wildman–Crippen MR) is 109 cm³/mol. The normalized spacial score (nSPS) is 11.4. The van der Waals surface area contributed by atoms with Crippen molar-refractivity contribution in [1.29, 1.82) is 0 Å². The average Bonchev–Trinajstić information content (AvgIpc) is 3.01. The van der Waals surface area contributed by atoms with Crippen molar-refractivity contribution in [1.82, 2.24) is 14.8 Å². The summed E-state index contributed by atoms with van der Waals surface area (Å²) in [6, 6.07) is 5.92. The van der Waals surface area contributed by atoms with Crippen molar-refractivity contribution in [2.24, 2.45) is 12.8 Å². The summed E-state index contributed by atoms with van der Waals surface area (Å²) in [7, 11) is 3.22. The molecule has 0 aliphatic carbocycles. The van der Waals surface area contributed by atoms with Gasteiger partial charge in [0.1, 0.15) is 11.5 Å². The van der Waals surface area contributed by atoms with E-state index in [9.17, 15) is 18.0 Å². The van der Waals surface area contributed by atoms with Gasteiger partial charge in [0.25, 0.3) is 5.91 Å². The number of nitrogens with zero attached hydrogens (tertiary/aromatic N) is 3. The van der Waals surface area contributed by atoms with E-state index in [0.29, 0.717) is 16.9 Å². The van der Waals surface area contributed by atoms with E-state index in [4.69, 9.17) is 10.5 Å². The van der Waals surface area contributed by atoms with Crippen LogP contribution in [0.5, 0.6) is 0 Å². The highest BCUT2D eigenvalue weighted by Gasteiger charge is 2.34. The molecule has 3 rings (SSSR count). The average molecular weight is 434 g/mol. The summed E-state index contributed by atoms with van der Waals surface area (Å²) in [5.41, 5.74) is 6.06. The SMILES string of the molecule is COCc1nn(C)cc1Nc1cc(Nc2c(C)cccc2C(N)=O)c(C(F)(F)F)cn1. The number of carbonyl (C=O) groups is 1. The van der Waals surface area contributed by atoms with Gasteiger partial charge in [0.05, 0.1) is 34.8 Å². The number of pyridine rings is 1. The van der Waals surface area contributed by atoms with Crippen molar-refractivity contribution in [3.05, 3.63) is 59.0 Å². The van der Waals surface area contributed by atoms with Crippen molar-refractivity contribution in [3.63, 3.8) is 0 Å². The number of amides is 1. The molecule has 1 aromatic carbocycles. The molecule has 3 aromatic rings. The first-order valence-corrected chi connectivity index (χ1v) is 9.12. The quantitative estimate of drug-likeness (QED) is 0.521. The van der Waals surface area contributed by atoms with Crippen LogP contribution in [-0.4, -0.2) is 27.8 Å². The molecule has 11 heteroatoms. The third kappa shape index (κ3) is 4.94. The van der Waals surface area contributed by atoms with Crippen LogP contribution < -0.4 is 16.4 Å². The van der Waals surface area contributed by atoms with Crippen LogP contribution in [0.15, 0.2) is 36.7 Å². The Morgan fingerprint density at radius 1 is 1.26 bits per heavy atom. The van der Waals surface area contributed by atoms with Gasteiger partial charge in [-0.3, -0.25) is 9.48 Å². The Labute approximate surface area is 176 Å². The highest BCUT2D eigenvalue weighted by Crippen LogP contribution is 2.38. The first-order chi connectivity index (χ1) is 14.6. The van der Waals surface area contributed by atoms with Gasteiger partial charge in [-0.2, -0.15) is 18.3 Å². The van der Waals surface area contributed by atoms with Gasteiger partial charge >= 0.3 is 6.18 Å². The lowest BCUT2D eigenvalue weighted by atomic mass is 10.1. The fraction of sp³-hybridized carbons (Fsp3) is 0.250. The number of primary amides is 1. The molecule has 164 valence electrons. The number of aromatic nitrogens is 3. The fourth-order valence-electron chi connectivity index (χ4n) is 3.05. The van der Waals surface area contributed by atoms with Gasteiger partial charge in [-0.25, -0.2) is 4.98 Å². The number of anilines is 4. The van der Waals surface area contributed by atoms with Gasteiger partial charge in [0.15, 0.2) is 0 Å². The molecule has 0 saturated heterocycles. The number of benzene rings is 1. The predicted octanol–water partition coefficient (Wildman–Crippen LogP) is 3.87. The first kappa shape index (κ1) is 22.1. The zero-order chi connectivity index (χ0) is 22.8. The Morgan fingerprint density at radius 3 is 2.65 bits per heavy atom. The Kier molecular flexibility index (Phi) is 6.16.